The number of aromatic nitrogens is 3. The van der Waals surface area contributed by atoms with Crippen LogP contribution in [0, 0.1) is 0 Å². The fraction of sp³-hybridized carbons (Fsp3) is 0.0870. The van der Waals surface area contributed by atoms with Gasteiger partial charge in [-0.25, -0.2) is 9.97 Å². The number of carbonyl (C=O) groups excluding carboxylic acids is 1. The third-order valence-corrected chi connectivity index (χ3v) is 4.55. The standard InChI is InChI=1S/C23H20N4O/c1-27-16-19(12-21(27)23(28)26-13-17-8-4-2-5-9-17)20-14-24-22(25-15-20)18-10-6-3-7-11-18/h2-12,14-16H,13H2,1H3,(H,26,28). The predicted octanol–water partition coefficient (Wildman–Crippen LogP) is 4.08. The smallest absolute Gasteiger partial charge is 0.268 e. The molecule has 4 aromatic rings. The molecular weight excluding hydrogens is 348 g/mol. The maximum Gasteiger partial charge on any atom is 0.268 e. The van der Waals surface area contributed by atoms with E-state index in [-0.39, 0.29) is 5.91 Å². The molecule has 2 aromatic heterocycles. The molecule has 4 rings (SSSR count). The quantitative estimate of drug-likeness (QED) is 0.577. The van der Waals surface area contributed by atoms with Gasteiger partial charge in [-0.2, -0.15) is 0 Å². The molecule has 1 N–H and O–H groups in total. The minimum absolute atomic E-state index is 0.112. The van der Waals surface area contributed by atoms with E-state index in [1.165, 1.54) is 0 Å². The first-order valence-corrected chi connectivity index (χ1v) is 9.07. The molecular formula is C23H20N4O. The first-order chi connectivity index (χ1) is 13.7. The van der Waals surface area contributed by atoms with Crippen LogP contribution in [0.5, 0.6) is 0 Å². The molecule has 2 heterocycles. The number of hydrogen-bond acceptors (Lipinski definition) is 3. The summed E-state index contributed by atoms with van der Waals surface area (Å²) < 4.78 is 1.82. The van der Waals surface area contributed by atoms with E-state index in [4.69, 9.17) is 0 Å². The van der Waals surface area contributed by atoms with Crippen molar-refractivity contribution in [3.63, 3.8) is 0 Å². The van der Waals surface area contributed by atoms with Gasteiger partial charge in [0.1, 0.15) is 5.69 Å². The van der Waals surface area contributed by atoms with E-state index in [9.17, 15) is 4.79 Å². The summed E-state index contributed by atoms with van der Waals surface area (Å²) in [6.07, 6.45) is 5.49. The molecule has 0 fully saturated rings. The summed E-state index contributed by atoms with van der Waals surface area (Å²) in [5.41, 5.74) is 4.42. The van der Waals surface area contributed by atoms with Crippen molar-refractivity contribution in [2.45, 2.75) is 6.54 Å². The largest absolute Gasteiger partial charge is 0.347 e. The number of carbonyl (C=O) groups is 1. The van der Waals surface area contributed by atoms with Gasteiger partial charge in [0, 0.05) is 48.9 Å². The van der Waals surface area contributed by atoms with Crippen LogP contribution in [0.25, 0.3) is 22.5 Å². The maximum atomic E-state index is 12.6. The highest BCUT2D eigenvalue weighted by Crippen LogP contribution is 2.22. The molecule has 0 aliphatic heterocycles. The highest BCUT2D eigenvalue weighted by atomic mass is 16.1. The summed E-state index contributed by atoms with van der Waals surface area (Å²) in [6, 6.07) is 21.6. The van der Waals surface area contributed by atoms with Crippen molar-refractivity contribution in [2.75, 3.05) is 0 Å². The fourth-order valence-electron chi connectivity index (χ4n) is 3.03. The Bertz CT molecular complexity index is 1070. The second-order valence-electron chi connectivity index (χ2n) is 6.55. The van der Waals surface area contributed by atoms with Gasteiger partial charge in [-0.15, -0.1) is 0 Å². The van der Waals surface area contributed by atoms with E-state index < -0.39 is 0 Å². The highest BCUT2D eigenvalue weighted by Gasteiger charge is 2.13. The lowest BCUT2D eigenvalue weighted by molar-refractivity contribution is 0.0943. The Labute approximate surface area is 163 Å². The third-order valence-electron chi connectivity index (χ3n) is 4.55. The Hall–Kier alpha value is -3.73. The van der Waals surface area contributed by atoms with E-state index in [1.807, 2.05) is 84.5 Å². The van der Waals surface area contributed by atoms with Gasteiger partial charge in [0.15, 0.2) is 5.82 Å². The van der Waals surface area contributed by atoms with Crippen LogP contribution in [0.3, 0.4) is 0 Å². The molecule has 0 saturated carbocycles. The summed E-state index contributed by atoms with van der Waals surface area (Å²) in [5, 5.41) is 2.96. The number of nitrogens with zero attached hydrogens (tertiary/aromatic N) is 3. The van der Waals surface area contributed by atoms with Gasteiger partial charge in [-0.05, 0) is 11.6 Å². The van der Waals surface area contributed by atoms with Crippen molar-refractivity contribution >= 4 is 5.91 Å². The Morgan fingerprint density at radius 2 is 1.54 bits per heavy atom. The molecule has 138 valence electrons. The van der Waals surface area contributed by atoms with E-state index in [0.717, 1.165) is 22.3 Å². The highest BCUT2D eigenvalue weighted by molar-refractivity contribution is 5.94. The molecule has 0 spiro atoms. The molecule has 1 amide bonds. The molecule has 0 unspecified atom stereocenters. The van der Waals surface area contributed by atoms with Crippen LogP contribution < -0.4 is 5.32 Å². The average Bonchev–Trinajstić information content (AvgIpc) is 3.15. The third kappa shape index (κ3) is 3.83. The van der Waals surface area contributed by atoms with Gasteiger partial charge in [0.2, 0.25) is 0 Å². The molecule has 2 aromatic carbocycles. The fourth-order valence-corrected chi connectivity index (χ4v) is 3.03. The van der Waals surface area contributed by atoms with Crippen molar-refractivity contribution in [3.8, 4) is 22.5 Å². The topological polar surface area (TPSA) is 59.8 Å². The summed E-state index contributed by atoms with van der Waals surface area (Å²) >= 11 is 0. The predicted molar refractivity (Wildman–Crippen MR) is 109 cm³/mol. The van der Waals surface area contributed by atoms with Crippen molar-refractivity contribution in [1.29, 1.82) is 0 Å². The Morgan fingerprint density at radius 3 is 2.21 bits per heavy atom. The molecule has 0 bridgehead atoms. The number of benzene rings is 2. The molecule has 0 atom stereocenters. The number of nitrogens with one attached hydrogen (secondary N) is 1. The maximum absolute atomic E-state index is 12.6. The van der Waals surface area contributed by atoms with Gasteiger partial charge in [0.25, 0.3) is 5.91 Å². The van der Waals surface area contributed by atoms with Crippen LogP contribution in [0.15, 0.2) is 85.3 Å². The average molecular weight is 368 g/mol. The molecule has 0 aliphatic rings. The zero-order valence-corrected chi connectivity index (χ0v) is 15.5. The van der Waals surface area contributed by atoms with Crippen molar-refractivity contribution < 1.29 is 4.79 Å². The van der Waals surface area contributed by atoms with E-state index >= 15 is 0 Å². The second-order valence-corrected chi connectivity index (χ2v) is 6.55. The Balaban J connectivity index is 1.50. The molecule has 5 heteroatoms. The molecule has 0 radical (unpaired) electrons. The van der Waals surface area contributed by atoms with Gasteiger partial charge in [-0.3, -0.25) is 4.79 Å². The summed E-state index contributed by atoms with van der Waals surface area (Å²) in [7, 11) is 1.86. The van der Waals surface area contributed by atoms with Crippen molar-refractivity contribution in [1.82, 2.24) is 19.9 Å². The van der Waals surface area contributed by atoms with Crippen LogP contribution >= 0.6 is 0 Å². The lowest BCUT2D eigenvalue weighted by Crippen LogP contribution is -2.24. The van der Waals surface area contributed by atoms with E-state index in [2.05, 4.69) is 15.3 Å². The zero-order valence-electron chi connectivity index (χ0n) is 15.5. The molecule has 0 saturated heterocycles. The van der Waals surface area contributed by atoms with Crippen LogP contribution in [0.2, 0.25) is 0 Å². The van der Waals surface area contributed by atoms with E-state index in [0.29, 0.717) is 18.1 Å². The van der Waals surface area contributed by atoms with Gasteiger partial charge >= 0.3 is 0 Å². The number of amides is 1. The Kier molecular flexibility index (Phi) is 4.97. The van der Waals surface area contributed by atoms with Gasteiger partial charge < -0.3 is 9.88 Å². The Morgan fingerprint density at radius 1 is 0.893 bits per heavy atom. The number of aryl methyl sites for hydroxylation is 1. The summed E-state index contributed by atoms with van der Waals surface area (Å²) in [6.45, 7) is 0.495. The SMILES string of the molecule is Cn1cc(-c2cnc(-c3ccccc3)nc2)cc1C(=O)NCc1ccccc1. The lowest BCUT2D eigenvalue weighted by atomic mass is 10.1. The second kappa shape index (κ2) is 7.88. The van der Waals surface area contributed by atoms with E-state index in [1.54, 1.807) is 12.4 Å². The monoisotopic (exact) mass is 368 g/mol. The number of rotatable bonds is 5. The van der Waals surface area contributed by atoms with Gasteiger partial charge in [0.05, 0.1) is 0 Å². The summed E-state index contributed by atoms with van der Waals surface area (Å²) in [5.74, 6) is 0.570. The molecule has 5 nitrogen and oxygen atoms in total. The van der Waals surface area contributed by atoms with Crippen LogP contribution in [-0.4, -0.2) is 20.4 Å². The first-order valence-electron chi connectivity index (χ1n) is 9.07. The van der Waals surface area contributed by atoms with Crippen LogP contribution in [0.4, 0.5) is 0 Å². The molecule has 28 heavy (non-hydrogen) atoms. The van der Waals surface area contributed by atoms with Gasteiger partial charge in [-0.1, -0.05) is 60.7 Å². The van der Waals surface area contributed by atoms with Crippen molar-refractivity contribution in [3.05, 3.63) is 96.6 Å². The minimum atomic E-state index is -0.112. The lowest BCUT2D eigenvalue weighted by Gasteiger charge is -2.05. The first kappa shape index (κ1) is 17.7. The van der Waals surface area contributed by atoms with Crippen LogP contribution in [0.1, 0.15) is 16.1 Å². The minimum Gasteiger partial charge on any atom is -0.347 e. The van der Waals surface area contributed by atoms with Crippen molar-refractivity contribution in [2.24, 2.45) is 7.05 Å². The van der Waals surface area contributed by atoms with Crippen LogP contribution in [-0.2, 0) is 13.6 Å². The summed E-state index contributed by atoms with van der Waals surface area (Å²) in [4.78, 5) is 21.5. The zero-order chi connectivity index (χ0) is 19.3. The molecule has 0 aliphatic carbocycles. The normalized spacial score (nSPS) is 10.6. The number of hydrogen-bond donors (Lipinski definition) is 1.